The van der Waals surface area contributed by atoms with Crippen LogP contribution in [0.3, 0.4) is 0 Å². The summed E-state index contributed by atoms with van der Waals surface area (Å²) in [4.78, 5) is 4.24. The molecule has 17 heavy (non-hydrogen) atoms. The van der Waals surface area contributed by atoms with Crippen LogP contribution in [0.15, 0.2) is 18.5 Å². The van der Waals surface area contributed by atoms with Crippen molar-refractivity contribution >= 4 is 11.4 Å². The highest BCUT2D eigenvalue weighted by Gasteiger charge is 2.40. The van der Waals surface area contributed by atoms with Crippen molar-refractivity contribution in [1.29, 1.82) is 0 Å². The smallest absolute Gasteiger partial charge is 0.0781 e. The van der Waals surface area contributed by atoms with E-state index in [0.717, 1.165) is 24.3 Å². The molecule has 2 aliphatic heterocycles. The van der Waals surface area contributed by atoms with Crippen LogP contribution in [0.1, 0.15) is 26.2 Å². The molecule has 0 spiro atoms. The number of hydrogen-bond donors (Lipinski definition) is 2. The maximum Gasteiger partial charge on any atom is 0.0781 e. The van der Waals surface area contributed by atoms with Crippen LogP contribution in [-0.2, 0) is 4.74 Å². The standard InChI is InChI=1S/C13H19N3O/c1-2-15-9-5-10(8-14-7-9)16-12-6-11-3-4-13(12)17-11/h5,7-8,11-13,15-16H,2-4,6H2,1H3. The van der Waals surface area contributed by atoms with Gasteiger partial charge in [-0.3, -0.25) is 4.98 Å². The highest BCUT2D eigenvalue weighted by molar-refractivity contribution is 5.54. The Morgan fingerprint density at radius 2 is 2.24 bits per heavy atom. The molecule has 2 fully saturated rings. The summed E-state index contributed by atoms with van der Waals surface area (Å²) < 4.78 is 5.84. The van der Waals surface area contributed by atoms with E-state index in [0.29, 0.717) is 18.2 Å². The van der Waals surface area contributed by atoms with Gasteiger partial charge in [0.05, 0.1) is 42.0 Å². The monoisotopic (exact) mass is 233 g/mol. The van der Waals surface area contributed by atoms with E-state index < -0.39 is 0 Å². The highest BCUT2D eigenvalue weighted by atomic mass is 16.5. The Bertz CT molecular complexity index is 396. The molecule has 92 valence electrons. The van der Waals surface area contributed by atoms with Crippen LogP contribution in [0.4, 0.5) is 11.4 Å². The molecule has 0 aliphatic carbocycles. The van der Waals surface area contributed by atoms with Gasteiger partial charge in [-0.1, -0.05) is 0 Å². The second-order valence-electron chi connectivity index (χ2n) is 4.85. The van der Waals surface area contributed by atoms with Gasteiger partial charge in [-0.25, -0.2) is 0 Å². The van der Waals surface area contributed by atoms with E-state index in [1.165, 1.54) is 12.8 Å². The van der Waals surface area contributed by atoms with Crippen molar-refractivity contribution < 1.29 is 4.74 Å². The van der Waals surface area contributed by atoms with Gasteiger partial charge in [0.1, 0.15) is 0 Å². The Hall–Kier alpha value is -1.29. The van der Waals surface area contributed by atoms with Crippen LogP contribution in [0.5, 0.6) is 0 Å². The molecule has 3 atom stereocenters. The second kappa shape index (κ2) is 4.53. The first kappa shape index (κ1) is 10.8. The van der Waals surface area contributed by atoms with Crippen molar-refractivity contribution in [1.82, 2.24) is 4.98 Å². The van der Waals surface area contributed by atoms with Gasteiger partial charge in [-0.2, -0.15) is 0 Å². The van der Waals surface area contributed by atoms with Crippen LogP contribution < -0.4 is 10.6 Å². The average molecular weight is 233 g/mol. The van der Waals surface area contributed by atoms with Crippen molar-refractivity contribution in [3.8, 4) is 0 Å². The number of anilines is 2. The van der Waals surface area contributed by atoms with Crippen molar-refractivity contribution in [2.24, 2.45) is 0 Å². The Labute approximate surface area is 102 Å². The van der Waals surface area contributed by atoms with E-state index in [1.807, 2.05) is 12.4 Å². The maximum absolute atomic E-state index is 5.84. The number of ether oxygens (including phenoxy) is 1. The summed E-state index contributed by atoms with van der Waals surface area (Å²) >= 11 is 0. The first-order valence-electron chi connectivity index (χ1n) is 6.46. The molecule has 3 rings (SSSR count). The summed E-state index contributed by atoms with van der Waals surface area (Å²) in [6.07, 6.45) is 8.20. The lowest BCUT2D eigenvalue weighted by molar-refractivity contribution is 0.102. The summed E-state index contributed by atoms with van der Waals surface area (Å²) in [7, 11) is 0. The number of rotatable bonds is 4. The molecule has 2 N–H and O–H groups in total. The van der Waals surface area contributed by atoms with Gasteiger partial charge >= 0.3 is 0 Å². The zero-order chi connectivity index (χ0) is 11.7. The number of hydrogen-bond acceptors (Lipinski definition) is 4. The average Bonchev–Trinajstić information content (AvgIpc) is 2.92. The topological polar surface area (TPSA) is 46.2 Å². The minimum atomic E-state index is 0.405. The summed E-state index contributed by atoms with van der Waals surface area (Å²) in [5.74, 6) is 0. The largest absolute Gasteiger partial charge is 0.384 e. The molecule has 2 bridgehead atoms. The first-order chi connectivity index (χ1) is 8.35. The van der Waals surface area contributed by atoms with Crippen LogP contribution in [0, 0.1) is 0 Å². The third kappa shape index (κ3) is 2.22. The first-order valence-corrected chi connectivity index (χ1v) is 6.46. The van der Waals surface area contributed by atoms with Gasteiger partial charge in [0.25, 0.3) is 0 Å². The molecule has 1 aromatic heterocycles. The number of aromatic nitrogens is 1. The molecule has 0 amide bonds. The lowest BCUT2D eigenvalue weighted by Gasteiger charge is -2.21. The fourth-order valence-electron chi connectivity index (χ4n) is 2.82. The molecular formula is C13H19N3O. The van der Waals surface area contributed by atoms with E-state index in [1.54, 1.807) is 0 Å². The minimum absolute atomic E-state index is 0.405. The number of nitrogens with zero attached hydrogens (tertiary/aromatic N) is 1. The molecule has 0 saturated carbocycles. The van der Waals surface area contributed by atoms with Gasteiger partial charge in [0.15, 0.2) is 0 Å². The van der Waals surface area contributed by atoms with Crippen LogP contribution in [0.2, 0.25) is 0 Å². The fraction of sp³-hybridized carbons (Fsp3) is 0.615. The minimum Gasteiger partial charge on any atom is -0.384 e. The number of pyridine rings is 1. The van der Waals surface area contributed by atoms with Crippen molar-refractivity contribution in [3.63, 3.8) is 0 Å². The summed E-state index contributed by atoms with van der Waals surface area (Å²) in [5.41, 5.74) is 2.16. The Balaban J connectivity index is 1.66. The third-order valence-electron chi connectivity index (χ3n) is 3.58. The molecule has 1 aromatic rings. The Morgan fingerprint density at radius 1 is 1.35 bits per heavy atom. The van der Waals surface area contributed by atoms with Crippen molar-refractivity contribution in [2.45, 2.75) is 44.4 Å². The second-order valence-corrected chi connectivity index (χ2v) is 4.85. The Kier molecular flexibility index (Phi) is 2.89. The van der Waals surface area contributed by atoms with E-state index in [2.05, 4.69) is 28.6 Å². The molecule has 4 nitrogen and oxygen atoms in total. The van der Waals surface area contributed by atoms with Crippen LogP contribution in [0.25, 0.3) is 0 Å². The molecule has 0 radical (unpaired) electrons. The van der Waals surface area contributed by atoms with Gasteiger partial charge in [-0.15, -0.1) is 0 Å². The maximum atomic E-state index is 5.84. The van der Waals surface area contributed by atoms with Crippen LogP contribution in [-0.4, -0.2) is 29.8 Å². The SMILES string of the molecule is CCNc1cncc(NC2CC3CCC2O3)c1. The summed E-state index contributed by atoms with van der Waals surface area (Å²) in [5, 5.41) is 6.82. The summed E-state index contributed by atoms with van der Waals surface area (Å²) in [6, 6.07) is 2.58. The fourth-order valence-corrected chi connectivity index (χ4v) is 2.82. The molecule has 4 heteroatoms. The molecule has 0 aromatic carbocycles. The Morgan fingerprint density at radius 3 is 2.94 bits per heavy atom. The van der Waals surface area contributed by atoms with Crippen molar-refractivity contribution in [2.75, 3.05) is 17.2 Å². The normalized spacial score (nSPS) is 30.5. The lowest BCUT2D eigenvalue weighted by atomic mass is 9.95. The van der Waals surface area contributed by atoms with E-state index >= 15 is 0 Å². The molecule has 2 saturated heterocycles. The zero-order valence-corrected chi connectivity index (χ0v) is 10.1. The molecule has 3 heterocycles. The summed E-state index contributed by atoms with van der Waals surface area (Å²) in [6.45, 7) is 3.01. The molecule has 3 unspecified atom stereocenters. The van der Waals surface area contributed by atoms with E-state index in [4.69, 9.17) is 4.74 Å². The van der Waals surface area contributed by atoms with Gasteiger partial charge < -0.3 is 15.4 Å². The van der Waals surface area contributed by atoms with Crippen molar-refractivity contribution in [3.05, 3.63) is 18.5 Å². The quantitative estimate of drug-likeness (QED) is 0.837. The predicted octanol–water partition coefficient (Wildman–Crippen LogP) is 2.25. The molecular weight excluding hydrogens is 214 g/mol. The van der Waals surface area contributed by atoms with E-state index in [9.17, 15) is 0 Å². The lowest BCUT2D eigenvalue weighted by Crippen LogP contribution is -2.30. The van der Waals surface area contributed by atoms with Gasteiger partial charge in [-0.05, 0) is 32.3 Å². The zero-order valence-electron chi connectivity index (χ0n) is 10.1. The van der Waals surface area contributed by atoms with Crippen LogP contribution >= 0.6 is 0 Å². The molecule has 2 aliphatic rings. The van der Waals surface area contributed by atoms with Gasteiger partial charge in [0, 0.05) is 6.54 Å². The highest BCUT2D eigenvalue weighted by Crippen LogP contribution is 2.36. The van der Waals surface area contributed by atoms with E-state index in [-0.39, 0.29) is 0 Å². The number of fused-ring (bicyclic) bond motifs is 2. The predicted molar refractivity (Wildman–Crippen MR) is 68.3 cm³/mol. The third-order valence-corrected chi connectivity index (χ3v) is 3.58. The number of nitrogens with one attached hydrogen (secondary N) is 2. The van der Waals surface area contributed by atoms with Gasteiger partial charge in [0.2, 0.25) is 0 Å².